The van der Waals surface area contributed by atoms with Crippen molar-refractivity contribution in [1.82, 2.24) is 15.3 Å². The van der Waals surface area contributed by atoms with E-state index in [2.05, 4.69) is 5.32 Å². The number of alkyl halides is 3. The van der Waals surface area contributed by atoms with Crippen molar-refractivity contribution in [2.24, 2.45) is 0 Å². The van der Waals surface area contributed by atoms with Gasteiger partial charge in [-0.15, -0.1) is 0 Å². The van der Waals surface area contributed by atoms with Crippen LogP contribution < -0.4 is 10.2 Å². The highest BCUT2D eigenvalue weighted by atomic mass is 35.5. The van der Waals surface area contributed by atoms with Crippen LogP contribution in [0.1, 0.15) is 23.3 Å². The molecule has 1 N–H and O–H groups in total. The molecule has 0 atom stereocenters. The molecule has 2 aromatic heterocycles. The van der Waals surface area contributed by atoms with Crippen molar-refractivity contribution in [3.8, 4) is 11.4 Å². The molecule has 0 spiro atoms. The van der Waals surface area contributed by atoms with Crippen LogP contribution in [0, 0.1) is 0 Å². The molecule has 5 aromatic rings. The summed E-state index contributed by atoms with van der Waals surface area (Å²) in [5.41, 5.74) is 0.990. The van der Waals surface area contributed by atoms with E-state index in [1.165, 1.54) is 6.07 Å². The Hall–Kier alpha value is -4.37. The van der Waals surface area contributed by atoms with Crippen LogP contribution in [0.5, 0.6) is 0 Å². The van der Waals surface area contributed by atoms with E-state index in [9.17, 15) is 18.0 Å². The minimum atomic E-state index is -4.45. The van der Waals surface area contributed by atoms with Crippen molar-refractivity contribution >= 4 is 34.2 Å². The van der Waals surface area contributed by atoms with Gasteiger partial charge < -0.3 is 14.6 Å². The van der Waals surface area contributed by atoms with E-state index < -0.39 is 11.7 Å². The summed E-state index contributed by atoms with van der Waals surface area (Å²) in [4.78, 5) is 24.3. The van der Waals surface area contributed by atoms with Crippen LogP contribution in [-0.4, -0.2) is 22.4 Å². The fourth-order valence-electron chi connectivity index (χ4n) is 4.30. The number of nitrogens with zero attached hydrogens (tertiary/aromatic N) is 3. The Balaban J connectivity index is 1.40. The third-order valence-electron chi connectivity index (χ3n) is 6.28. The molecular weight excluding hydrogens is 541 g/mol. The summed E-state index contributed by atoms with van der Waals surface area (Å²) in [7, 11) is 0. The van der Waals surface area contributed by atoms with Gasteiger partial charge in [0.25, 0.3) is 0 Å². The second-order valence-corrected chi connectivity index (χ2v) is 9.50. The first-order valence-electron chi connectivity index (χ1n) is 12.5. The highest BCUT2D eigenvalue weighted by molar-refractivity contribution is 6.33. The van der Waals surface area contributed by atoms with E-state index in [0.717, 1.165) is 17.5 Å². The number of benzene rings is 3. The van der Waals surface area contributed by atoms with Gasteiger partial charge in [0.05, 0.1) is 28.9 Å². The van der Waals surface area contributed by atoms with Crippen molar-refractivity contribution in [2.75, 3.05) is 11.4 Å². The molecule has 1 amide bonds. The van der Waals surface area contributed by atoms with Gasteiger partial charge >= 0.3 is 6.18 Å². The largest absolute Gasteiger partial charge is 0.467 e. The van der Waals surface area contributed by atoms with Gasteiger partial charge in [-0.1, -0.05) is 48.0 Å². The van der Waals surface area contributed by atoms with Gasteiger partial charge in [-0.3, -0.25) is 4.79 Å². The summed E-state index contributed by atoms with van der Waals surface area (Å²) in [6.07, 6.45) is -2.81. The number of hydrogen-bond donors (Lipinski definition) is 1. The second kappa shape index (κ2) is 11.8. The quantitative estimate of drug-likeness (QED) is 0.204. The van der Waals surface area contributed by atoms with Gasteiger partial charge in [0, 0.05) is 30.5 Å². The predicted octanol–water partition coefficient (Wildman–Crippen LogP) is 7.28. The minimum Gasteiger partial charge on any atom is -0.467 e. The Morgan fingerprint density at radius 2 is 1.75 bits per heavy atom. The van der Waals surface area contributed by atoms with Crippen molar-refractivity contribution in [3.05, 3.63) is 113 Å². The highest BCUT2D eigenvalue weighted by Gasteiger charge is 2.30. The number of rotatable bonds is 9. The van der Waals surface area contributed by atoms with Crippen LogP contribution in [0.2, 0.25) is 5.02 Å². The monoisotopic (exact) mass is 564 g/mol. The van der Waals surface area contributed by atoms with E-state index in [4.69, 9.17) is 26.0 Å². The molecule has 0 radical (unpaired) electrons. The summed E-state index contributed by atoms with van der Waals surface area (Å²) in [5.74, 6) is 1.40. The van der Waals surface area contributed by atoms with Crippen LogP contribution in [0.3, 0.4) is 0 Å². The minimum absolute atomic E-state index is 0.0198. The first kappa shape index (κ1) is 27.2. The normalized spacial score (nSPS) is 11.5. The Morgan fingerprint density at radius 1 is 0.950 bits per heavy atom. The van der Waals surface area contributed by atoms with Crippen LogP contribution >= 0.6 is 11.6 Å². The number of fused-ring (bicyclic) bond motifs is 1. The summed E-state index contributed by atoms with van der Waals surface area (Å²) in [6.45, 7) is 0.572. The number of carbonyl (C=O) groups excluding carboxylic acids is 1. The van der Waals surface area contributed by atoms with Crippen molar-refractivity contribution in [3.63, 3.8) is 0 Å². The molecule has 0 fully saturated rings. The number of amides is 1. The highest BCUT2D eigenvalue weighted by Crippen LogP contribution is 2.32. The maximum atomic E-state index is 13.0. The average Bonchev–Trinajstić information content (AvgIpc) is 3.47. The lowest BCUT2D eigenvalue weighted by Crippen LogP contribution is -2.31. The number of anilines is 1. The van der Waals surface area contributed by atoms with Crippen molar-refractivity contribution < 1.29 is 22.4 Å². The molecule has 204 valence electrons. The zero-order valence-corrected chi connectivity index (χ0v) is 21.9. The maximum Gasteiger partial charge on any atom is 0.416 e. The summed E-state index contributed by atoms with van der Waals surface area (Å²) < 4.78 is 44.7. The fraction of sp³-hybridized carbons (Fsp3) is 0.167. The zero-order chi connectivity index (χ0) is 28.1. The molecule has 0 unspecified atom stereocenters. The topological polar surface area (TPSA) is 71.3 Å². The number of nitrogens with one attached hydrogen (secondary N) is 1. The third kappa shape index (κ3) is 6.43. The number of furan rings is 1. The smallest absolute Gasteiger partial charge is 0.416 e. The molecule has 6 nitrogen and oxygen atoms in total. The number of carbonyl (C=O) groups is 1. The summed E-state index contributed by atoms with van der Waals surface area (Å²) in [6, 6.07) is 23.4. The molecule has 0 aliphatic carbocycles. The molecule has 0 aliphatic rings. The van der Waals surface area contributed by atoms with Gasteiger partial charge in [-0.25, -0.2) is 9.97 Å². The standard InChI is InChI=1S/C30H24ClF3N4O2/c31-25-12-3-1-10-23(25)28-36-26-13-4-2-11-24(26)29(37-28)38(19-22-9-6-16-40-22)15-14-27(39)35-18-20-7-5-8-21(17-20)30(32,33)34/h1-13,16-17H,14-15,18-19H2,(H,35,39). The van der Waals surface area contributed by atoms with Gasteiger partial charge in [-0.05, 0) is 54.1 Å². The third-order valence-corrected chi connectivity index (χ3v) is 6.61. The summed E-state index contributed by atoms with van der Waals surface area (Å²) in [5, 5.41) is 4.01. The molecule has 0 saturated heterocycles. The molecule has 0 bridgehead atoms. The van der Waals surface area contributed by atoms with E-state index >= 15 is 0 Å². The first-order valence-corrected chi connectivity index (χ1v) is 12.9. The molecule has 5 rings (SSSR count). The molecule has 10 heteroatoms. The molecule has 0 saturated carbocycles. The second-order valence-electron chi connectivity index (χ2n) is 9.09. The van der Waals surface area contributed by atoms with Gasteiger partial charge in [-0.2, -0.15) is 13.2 Å². The number of para-hydroxylation sites is 1. The molecular formula is C30H24ClF3N4O2. The van der Waals surface area contributed by atoms with Gasteiger partial charge in [0.2, 0.25) is 5.91 Å². The van der Waals surface area contributed by atoms with Crippen molar-refractivity contribution in [2.45, 2.75) is 25.7 Å². The Bertz CT molecular complexity index is 1620. The number of halogens is 4. The first-order chi connectivity index (χ1) is 19.3. The van der Waals surface area contributed by atoms with Crippen LogP contribution in [0.4, 0.5) is 19.0 Å². The molecule has 3 aromatic carbocycles. The summed E-state index contributed by atoms with van der Waals surface area (Å²) >= 11 is 6.46. The van der Waals surface area contributed by atoms with E-state index in [0.29, 0.717) is 45.6 Å². The number of hydrogen-bond acceptors (Lipinski definition) is 5. The van der Waals surface area contributed by atoms with Gasteiger partial charge in [0.15, 0.2) is 5.82 Å². The van der Waals surface area contributed by atoms with Gasteiger partial charge in [0.1, 0.15) is 11.6 Å². The average molecular weight is 565 g/mol. The lowest BCUT2D eigenvalue weighted by molar-refractivity contribution is -0.137. The lowest BCUT2D eigenvalue weighted by atomic mass is 10.1. The molecule has 40 heavy (non-hydrogen) atoms. The van der Waals surface area contributed by atoms with Crippen LogP contribution in [0.25, 0.3) is 22.3 Å². The zero-order valence-electron chi connectivity index (χ0n) is 21.2. The van der Waals surface area contributed by atoms with Crippen LogP contribution in [-0.2, 0) is 24.1 Å². The van der Waals surface area contributed by atoms with E-state index in [-0.39, 0.29) is 25.4 Å². The molecule has 2 heterocycles. The Kier molecular flexibility index (Phi) is 8.02. The Morgan fingerprint density at radius 3 is 2.52 bits per heavy atom. The lowest BCUT2D eigenvalue weighted by Gasteiger charge is -2.24. The SMILES string of the molecule is O=C(CCN(Cc1ccco1)c1nc(-c2ccccc2Cl)nc2ccccc12)NCc1cccc(C(F)(F)F)c1. The van der Waals surface area contributed by atoms with Crippen LogP contribution in [0.15, 0.2) is 95.6 Å². The van der Waals surface area contributed by atoms with E-state index in [1.807, 2.05) is 53.4 Å². The van der Waals surface area contributed by atoms with E-state index in [1.54, 1.807) is 24.5 Å². The molecule has 0 aliphatic heterocycles. The maximum absolute atomic E-state index is 13.0. The Labute approximate surface area is 233 Å². The number of aromatic nitrogens is 2. The predicted molar refractivity (Wildman–Crippen MR) is 148 cm³/mol. The fourth-order valence-corrected chi connectivity index (χ4v) is 4.52. The van der Waals surface area contributed by atoms with Crippen molar-refractivity contribution in [1.29, 1.82) is 0 Å².